The van der Waals surface area contributed by atoms with Gasteiger partial charge in [0.2, 0.25) is 0 Å². The van der Waals surface area contributed by atoms with Crippen molar-refractivity contribution in [1.29, 1.82) is 0 Å². The average Bonchev–Trinajstić information content (AvgIpc) is 2.38. The van der Waals surface area contributed by atoms with Crippen LogP contribution in [-0.2, 0) is 10.2 Å². The first kappa shape index (κ1) is 17.9. The lowest BCUT2D eigenvalue weighted by Gasteiger charge is -2.37. The van der Waals surface area contributed by atoms with Gasteiger partial charge >= 0.3 is 0 Å². The Hall–Kier alpha value is -0.170. The van der Waals surface area contributed by atoms with Crippen molar-refractivity contribution in [1.82, 2.24) is 13.9 Å². The van der Waals surface area contributed by atoms with Crippen LogP contribution in [0.2, 0.25) is 0 Å². The molecule has 1 fully saturated rings. The summed E-state index contributed by atoms with van der Waals surface area (Å²) in [5.74, 6) is 0.344. The molecule has 1 aliphatic heterocycles. The van der Waals surface area contributed by atoms with Gasteiger partial charge in [-0.05, 0) is 31.7 Å². The first-order chi connectivity index (χ1) is 9.39. The predicted octanol–water partition coefficient (Wildman–Crippen LogP) is 1.67. The highest BCUT2D eigenvalue weighted by Crippen LogP contribution is 2.22. The molecule has 20 heavy (non-hydrogen) atoms. The third-order valence-electron chi connectivity index (χ3n) is 3.69. The number of nitrogens with zero attached hydrogens (tertiary/aromatic N) is 2. The van der Waals surface area contributed by atoms with Crippen LogP contribution in [-0.4, -0.2) is 56.3 Å². The largest absolute Gasteiger partial charge is 0.315 e. The highest BCUT2D eigenvalue weighted by Gasteiger charge is 2.34. The number of rotatable bonds is 8. The van der Waals surface area contributed by atoms with Crippen LogP contribution in [0.25, 0.3) is 0 Å². The van der Waals surface area contributed by atoms with Crippen LogP contribution in [0.1, 0.15) is 46.5 Å². The van der Waals surface area contributed by atoms with Gasteiger partial charge in [0.1, 0.15) is 0 Å². The van der Waals surface area contributed by atoms with E-state index in [1.165, 1.54) is 4.31 Å². The Labute approximate surface area is 124 Å². The van der Waals surface area contributed by atoms with E-state index in [1.807, 2.05) is 13.8 Å². The van der Waals surface area contributed by atoms with Crippen molar-refractivity contribution < 1.29 is 8.42 Å². The lowest BCUT2D eigenvalue weighted by atomic mass is 10.1. The van der Waals surface area contributed by atoms with Gasteiger partial charge in [-0.2, -0.15) is 17.0 Å². The Balaban J connectivity index is 2.72. The molecule has 0 amide bonds. The zero-order valence-electron chi connectivity index (χ0n) is 13.4. The Morgan fingerprint density at radius 2 is 2.05 bits per heavy atom. The van der Waals surface area contributed by atoms with Crippen LogP contribution in [0.15, 0.2) is 0 Å². The maximum Gasteiger partial charge on any atom is 0.282 e. The maximum atomic E-state index is 12.7. The van der Waals surface area contributed by atoms with Gasteiger partial charge in [-0.25, -0.2) is 0 Å². The molecule has 1 rings (SSSR count). The molecular weight excluding hydrogens is 274 g/mol. The van der Waals surface area contributed by atoms with Crippen molar-refractivity contribution >= 4 is 10.2 Å². The molecule has 0 aliphatic carbocycles. The second kappa shape index (κ2) is 8.32. The third kappa shape index (κ3) is 4.98. The molecule has 0 aromatic carbocycles. The maximum absolute atomic E-state index is 12.7. The molecule has 0 aromatic rings. The predicted molar refractivity (Wildman–Crippen MR) is 83.9 cm³/mol. The van der Waals surface area contributed by atoms with E-state index in [0.717, 1.165) is 38.8 Å². The van der Waals surface area contributed by atoms with Crippen molar-refractivity contribution in [2.24, 2.45) is 5.92 Å². The van der Waals surface area contributed by atoms with Gasteiger partial charge in [-0.1, -0.05) is 27.2 Å². The van der Waals surface area contributed by atoms with E-state index < -0.39 is 10.2 Å². The number of hydrogen-bond donors (Lipinski definition) is 1. The molecule has 1 unspecified atom stereocenters. The monoisotopic (exact) mass is 305 g/mol. The van der Waals surface area contributed by atoms with Crippen LogP contribution >= 0.6 is 0 Å². The zero-order chi connectivity index (χ0) is 15.2. The fourth-order valence-electron chi connectivity index (χ4n) is 2.71. The van der Waals surface area contributed by atoms with Crippen LogP contribution in [0.3, 0.4) is 0 Å². The molecule has 0 saturated carbocycles. The summed E-state index contributed by atoms with van der Waals surface area (Å²) in [5, 5.41) is 3.36. The fraction of sp³-hybridized carbons (Fsp3) is 1.00. The summed E-state index contributed by atoms with van der Waals surface area (Å²) in [4.78, 5) is 0. The molecule has 0 spiro atoms. The van der Waals surface area contributed by atoms with Gasteiger partial charge in [0, 0.05) is 32.7 Å². The third-order valence-corrected chi connectivity index (χ3v) is 5.70. The molecule has 0 aromatic heterocycles. The Kier molecular flexibility index (Phi) is 7.43. The van der Waals surface area contributed by atoms with Crippen LogP contribution in [0.4, 0.5) is 0 Å². The van der Waals surface area contributed by atoms with Crippen molar-refractivity contribution in [2.75, 3.05) is 33.2 Å². The van der Waals surface area contributed by atoms with Gasteiger partial charge in [0.25, 0.3) is 10.2 Å². The van der Waals surface area contributed by atoms with E-state index in [1.54, 1.807) is 11.4 Å². The summed E-state index contributed by atoms with van der Waals surface area (Å²) in [6.07, 6.45) is 4.13. The van der Waals surface area contributed by atoms with Gasteiger partial charge < -0.3 is 5.32 Å². The SMILES string of the molecule is CCCNCC1CCCCN1S(=O)(=O)N(C)CC(C)C. The number of nitrogens with one attached hydrogen (secondary N) is 1. The summed E-state index contributed by atoms with van der Waals surface area (Å²) in [6, 6.07) is 0.106. The number of piperidine rings is 1. The molecule has 0 radical (unpaired) electrons. The molecule has 1 N–H and O–H groups in total. The minimum Gasteiger partial charge on any atom is -0.315 e. The minimum atomic E-state index is -3.32. The van der Waals surface area contributed by atoms with Gasteiger partial charge in [-0.15, -0.1) is 0 Å². The summed E-state index contributed by atoms with van der Waals surface area (Å²) in [7, 11) is -1.62. The average molecular weight is 305 g/mol. The summed E-state index contributed by atoms with van der Waals surface area (Å²) in [6.45, 7) is 9.16. The zero-order valence-corrected chi connectivity index (χ0v) is 14.2. The molecule has 1 atom stereocenters. The molecule has 1 aliphatic rings. The second-order valence-corrected chi connectivity index (χ2v) is 8.13. The molecular formula is C14H31N3O2S. The Bertz CT molecular complexity index is 371. The molecule has 120 valence electrons. The Morgan fingerprint density at radius 1 is 1.35 bits per heavy atom. The highest BCUT2D eigenvalue weighted by atomic mass is 32.2. The fourth-order valence-corrected chi connectivity index (χ4v) is 4.48. The van der Waals surface area contributed by atoms with Crippen molar-refractivity contribution in [3.63, 3.8) is 0 Å². The normalized spacial score (nSPS) is 21.8. The minimum absolute atomic E-state index is 0.106. The summed E-state index contributed by atoms with van der Waals surface area (Å²) in [5.41, 5.74) is 0. The molecule has 1 heterocycles. The summed E-state index contributed by atoms with van der Waals surface area (Å²) < 4.78 is 28.6. The van der Waals surface area contributed by atoms with Crippen molar-refractivity contribution in [3.8, 4) is 0 Å². The van der Waals surface area contributed by atoms with Crippen LogP contribution in [0.5, 0.6) is 0 Å². The molecule has 6 heteroatoms. The topological polar surface area (TPSA) is 52.7 Å². The van der Waals surface area contributed by atoms with Gasteiger partial charge in [0.15, 0.2) is 0 Å². The Morgan fingerprint density at radius 3 is 2.65 bits per heavy atom. The van der Waals surface area contributed by atoms with Crippen LogP contribution in [0, 0.1) is 5.92 Å². The standard InChI is InChI=1S/C14H31N3O2S/c1-5-9-15-11-14-8-6-7-10-17(14)20(18,19)16(4)12-13(2)3/h13-15H,5-12H2,1-4H3. The van der Waals surface area contributed by atoms with Crippen molar-refractivity contribution in [3.05, 3.63) is 0 Å². The van der Waals surface area contributed by atoms with E-state index in [-0.39, 0.29) is 6.04 Å². The van der Waals surface area contributed by atoms with Crippen molar-refractivity contribution in [2.45, 2.75) is 52.5 Å². The second-order valence-electron chi connectivity index (χ2n) is 6.15. The molecule has 0 bridgehead atoms. The van der Waals surface area contributed by atoms with E-state index >= 15 is 0 Å². The summed E-state index contributed by atoms with van der Waals surface area (Å²) >= 11 is 0. The van der Waals surface area contributed by atoms with E-state index in [0.29, 0.717) is 19.0 Å². The van der Waals surface area contributed by atoms with E-state index in [4.69, 9.17) is 0 Å². The van der Waals surface area contributed by atoms with E-state index in [2.05, 4.69) is 12.2 Å². The molecule has 5 nitrogen and oxygen atoms in total. The van der Waals surface area contributed by atoms with Gasteiger partial charge in [-0.3, -0.25) is 0 Å². The lowest BCUT2D eigenvalue weighted by Crippen LogP contribution is -2.53. The first-order valence-electron chi connectivity index (χ1n) is 7.83. The van der Waals surface area contributed by atoms with Gasteiger partial charge in [0.05, 0.1) is 0 Å². The van der Waals surface area contributed by atoms with Crippen LogP contribution < -0.4 is 5.32 Å². The number of hydrogen-bond acceptors (Lipinski definition) is 3. The highest BCUT2D eigenvalue weighted by molar-refractivity contribution is 7.86. The quantitative estimate of drug-likeness (QED) is 0.694. The lowest BCUT2D eigenvalue weighted by molar-refractivity contribution is 0.228. The smallest absolute Gasteiger partial charge is 0.282 e. The van der Waals surface area contributed by atoms with E-state index in [9.17, 15) is 8.42 Å². The molecule has 1 saturated heterocycles. The first-order valence-corrected chi connectivity index (χ1v) is 9.23.